The molecule has 2 fully saturated rings. The van der Waals surface area contributed by atoms with Crippen molar-refractivity contribution in [2.24, 2.45) is 5.41 Å². The monoisotopic (exact) mass is 316 g/mol. The summed E-state index contributed by atoms with van der Waals surface area (Å²) < 4.78 is 7.86. The molecule has 0 amide bonds. The van der Waals surface area contributed by atoms with Gasteiger partial charge in [-0.25, -0.2) is 14.3 Å². The number of anilines is 1. The highest BCUT2D eigenvalue weighted by Gasteiger charge is 2.47. The van der Waals surface area contributed by atoms with E-state index >= 15 is 0 Å². The van der Waals surface area contributed by atoms with Crippen LogP contribution in [0.2, 0.25) is 0 Å². The van der Waals surface area contributed by atoms with Crippen molar-refractivity contribution in [3.05, 3.63) is 24.5 Å². The first kappa shape index (κ1) is 14.1. The van der Waals surface area contributed by atoms with Gasteiger partial charge >= 0.3 is 0 Å². The van der Waals surface area contributed by atoms with Crippen LogP contribution in [-0.4, -0.2) is 53.8 Å². The van der Waals surface area contributed by atoms with Crippen LogP contribution in [0, 0.1) is 5.41 Å². The lowest BCUT2D eigenvalue weighted by molar-refractivity contribution is 0.105. The molecule has 1 aromatic heterocycles. The maximum atomic E-state index is 5.43. The molecule has 4 rings (SSSR count). The Bertz CT molecular complexity index is 702. The average Bonchev–Trinajstić information content (AvgIpc) is 2.97. The minimum Gasteiger partial charge on any atom is -0.494 e. The van der Waals surface area contributed by atoms with Crippen molar-refractivity contribution >= 4 is 28.7 Å². The van der Waals surface area contributed by atoms with Crippen molar-refractivity contribution < 1.29 is 4.74 Å². The molecule has 0 saturated carbocycles. The Morgan fingerprint density at radius 2 is 2.09 bits per heavy atom. The van der Waals surface area contributed by atoms with Crippen LogP contribution in [0.1, 0.15) is 6.42 Å². The molecule has 0 atom stereocenters. The minimum absolute atomic E-state index is 0.457. The fraction of sp³-hybridized carbons (Fsp3) is 0.500. The molecule has 1 spiro atoms. The number of para-hydroxylation sites is 1. The Hall–Kier alpha value is -1.53. The molecular formula is C16H20N4OS. The van der Waals surface area contributed by atoms with Crippen LogP contribution in [0.25, 0.3) is 10.9 Å². The second-order valence-electron chi connectivity index (χ2n) is 6.21. The molecule has 2 aliphatic heterocycles. The smallest absolute Gasteiger partial charge is 0.145 e. The lowest BCUT2D eigenvalue weighted by Gasteiger charge is -2.46. The van der Waals surface area contributed by atoms with E-state index in [-0.39, 0.29) is 0 Å². The highest BCUT2D eigenvalue weighted by atomic mass is 32.2. The van der Waals surface area contributed by atoms with E-state index in [9.17, 15) is 0 Å². The topological polar surface area (TPSA) is 41.5 Å². The van der Waals surface area contributed by atoms with Gasteiger partial charge in [0.1, 0.15) is 23.4 Å². The van der Waals surface area contributed by atoms with Gasteiger partial charge in [-0.3, -0.25) is 0 Å². The first-order valence-corrected chi connectivity index (χ1v) is 8.75. The van der Waals surface area contributed by atoms with E-state index in [1.807, 2.05) is 24.1 Å². The van der Waals surface area contributed by atoms with Gasteiger partial charge in [-0.1, -0.05) is 18.0 Å². The van der Waals surface area contributed by atoms with Crippen LogP contribution in [0.15, 0.2) is 24.5 Å². The van der Waals surface area contributed by atoms with Gasteiger partial charge < -0.3 is 9.64 Å². The fourth-order valence-electron chi connectivity index (χ4n) is 3.67. The quantitative estimate of drug-likeness (QED) is 0.810. The average molecular weight is 316 g/mol. The summed E-state index contributed by atoms with van der Waals surface area (Å²) in [7, 11) is 1.69. The van der Waals surface area contributed by atoms with E-state index in [1.165, 1.54) is 19.5 Å². The first-order chi connectivity index (χ1) is 10.7. The normalized spacial score (nSPS) is 20.5. The van der Waals surface area contributed by atoms with Crippen molar-refractivity contribution in [2.45, 2.75) is 6.42 Å². The van der Waals surface area contributed by atoms with Crippen LogP contribution in [-0.2, 0) is 0 Å². The molecule has 0 aliphatic carbocycles. The van der Waals surface area contributed by atoms with Gasteiger partial charge in [0.2, 0.25) is 0 Å². The van der Waals surface area contributed by atoms with Gasteiger partial charge in [0, 0.05) is 37.0 Å². The third-order valence-corrected chi connectivity index (χ3v) is 5.62. The summed E-state index contributed by atoms with van der Waals surface area (Å²) in [5, 5.41) is 1.08. The maximum Gasteiger partial charge on any atom is 0.145 e. The Balaban J connectivity index is 1.65. The molecule has 2 aliphatic rings. The van der Waals surface area contributed by atoms with E-state index in [0.717, 1.165) is 35.6 Å². The van der Waals surface area contributed by atoms with E-state index in [0.29, 0.717) is 5.41 Å². The summed E-state index contributed by atoms with van der Waals surface area (Å²) in [5.74, 6) is 1.86. The lowest BCUT2D eigenvalue weighted by Crippen LogP contribution is -2.54. The largest absolute Gasteiger partial charge is 0.494 e. The Labute approximate surface area is 134 Å². The number of hydrogen-bond donors (Lipinski definition) is 0. The molecular weight excluding hydrogens is 296 g/mol. The number of rotatable bonds is 3. The molecule has 0 N–H and O–H groups in total. The van der Waals surface area contributed by atoms with Gasteiger partial charge in [0.25, 0.3) is 0 Å². The summed E-state index contributed by atoms with van der Waals surface area (Å²) in [4.78, 5) is 11.4. The van der Waals surface area contributed by atoms with Crippen molar-refractivity contribution in [3.63, 3.8) is 0 Å². The van der Waals surface area contributed by atoms with Crippen LogP contribution < -0.4 is 9.64 Å². The molecule has 3 heterocycles. The highest BCUT2D eigenvalue weighted by molar-refractivity contribution is 7.96. The summed E-state index contributed by atoms with van der Waals surface area (Å²) >= 11 is 1.85. The standard InChI is InChI=1S/C16H20N4OS/c1-21-13-5-3-4-12-14(13)17-11-18-15(12)19-7-6-16(8-19)9-20(10-16)22-2/h3-5,11H,6-10H2,1-2H3. The second kappa shape index (κ2) is 5.28. The number of hydrogen-bond acceptors (Lipinski definition) is 6. The summed E-state index contributed by atoms with van der Waals surface area (Å²) in [6.07, 6.45) is 5.06. The predicted octanol–water partition coefficient (Wildman–Crippen LogP) is 2.43. The molecule has 1 aromatic carbocycles. The minimum atomic E-state index is 0.457. The van der Waals surface area contributed by atoms with Crippen molar-refractivity contribution in [3.8, 4) is 5.75 Å². The Morgan fingerprint density at radius 1 is 1.23 bits per heavy atom. The van der Waals surface area contributed by atoms with Gasteiger partial charge in [0.05, 0.1) is 7.11 Å². The summed E-state index contributed by atoms with van der Waals surface area (Å²) in [6.45, 7) is 4.55. The predicted molar refractivity (Wildman–Crippen MR) is 90.4 cm³/mol. The van der Waals surface area contributed by atoms with Crippen LogP contribution in [0.3, 0.4) is 0 Å². The van der Waals surface area contributed by atoms with Crippen molar-refractivity contribution in [2.75, 3.05) is 44.4 Å². The van der Waals surface area contributed by atoms with E-state index in [2.05, 4.69) is 31.5 Å². The highest BCUT2D eigenvalue weighted by Crippen LogP contribution is 2.44. The molecule has 6 heteroatoms. The van der Waals surface area contributed by atoms with Crippen LogP contribution in [0.5, 0.6) is 5.75 Å². The molecule has 0 bridgehead atoms. The number of nitrogens with zero attached hydrogens (tertiary/aromatic N) is 4. The van der Waals surface area contributed by atoms with Gasteiger partial charge in [-0.2, -0.15) is 0 Å². The number of aromatic nitrogens is 2. The number of methoxy groups -OCH3 is 1. The maximum absolute atomic E-state index is 5.43. The molecule has 22 heavy (non-hydrogen) atoms. The third-order valence-electron chi connectivity index (χ3n) is 4.85. The van der Waals surface area contributed by atoms with Crippen LogP contribution >= 0.6 is 11.9 Å². The zero-order valence-corrected chi connectivity index (χ0v) is 13.8. The molecule has 2 aromatic rings. The van der Waals surface area contributed by atoms with E-state index < -0.39 is 0 Å². The number of benzene rings is 1. The Kier molecular flexibility index (Phi) is 3.38. The zero-order chi connectivity index (χ0) is 15.2. The number of fused-ring (bicyclic) bond motifs is 1. The Morgan fingerprint density at radius 3 is 2.86 bits per heavy atom. The summed E-state index contributed by atoms with van der Waals surface area (Å²) in [5.41, 5.74) is 1.36. The van der Waals surface area contributed by atoms with E-state index in [1.54, 1.807) is 13.4 Å². The fourth-order valence-corrected chi connectivity index (χ4v) is 4.47. The molecule has 116 valence electrons. The lowest BCUT2D eigenvalue weighted by atomic mass is 9.81. The summed E-state index contributed by atoms with van der Waals surface area (Å²) in [6, 6.07) is 6.05. The second-order valence-corrected chi connectivity index (χ2v) is 7.09. The molecule has 0 unspecified atom stereocenters. The van der Waals surface area contributed by atoms with E-state index in [4.69, 9.17) is 4.74 Å². The van der Waals surface area contributed by atoms with Crippen LogP contribution in [0.4, 0.5) is 5.82 Å². The molecule has 0 radical (unpaired) electrons. The van der Waals surface area contributed by atoms with Gasteiger partial charge in [0.15, 0.2) is 0 Å². The molecule has 2 saturated heterocycles. The third kappa shape index (κ3) is 2.13. The SMILES string of the molecule is COc1cccc2c(N3CCC4(CN(SC)C4)C3)ncnc12. The van der Waals surface area contributed by atoms with Gasteiger partial charge in [-0.05, 0) is 24.8 Å². The first-order valence-electron chi connectivity index (χ1n) is 7.56. The molecule has 5 nitrogen and oxygen atoms in total. The zero-order valence-electron chi connectivity index (χ0n) is 13.0. The van der Waals surface area contributed by atoms with Crippen molar-refractivity contribution in [1.29, 1.82) is 0 Å². The number of ether oxygens (including phenoxy) is 1. The van der Waals surface area contributed by atoms with Gasteiger partial charge in [-0.15, -0.1) is 0 Å². The van der Waals surface area contributed by atoms with Crippen molar-refractivity contribution in [1.82, 2.24) is 14.3 Å².